The van der Waals surface area contributed by atoms with Gasteiger partial charge in [0, 0.05) is 12.0 Å². The summed E-state index contributed by atoms with van der Waals surface area (Å²) in [5.41, 5.74) is 0.871. The number of ether oxygens (including phenoxy) is 1. The Balaban J connectivity index is 2.54. The number of allylic oxidation sites excluding steroid dienone is 1. The third kappa shape index (κ3) is 2.36. The Morgan fingerprint density at radius 1 is 1.67 bits per heavy atom. The highest BCUT2D eigenvalue weighted by Crippen LogP contribution is 2.25. The summed E-state index contributed by atoms with van der Waals surface area (Å²) in [6, 6.07) is 0. The maximum atomic E-state index is 11.3. The number of carbonyl (C=O) groups is 1. The normalized spacial score (nSPS) is 27.7. The Morgan fingerprint density at radius 3 is 3.08 bits per heavy atom. The second-order valence-electron chi connectivity index (χ2n) is 3.37. The standard InChI is InChI=1S/C10H16O2/c1-3-12-7-9-6-8(2)4-5-10(9)11/h7-8H,3-6H2,1-2H3. The van der Waals surface area contributed by atoms with Gasteiger partial charge in [-0.3, -0.25) is 4.79 Å². The molecular weight excluding hydrogens is 152 g/mol. The molecule has 0 saturated heterocycles. The number of Topliss-reactive ketones (excluding diaryl/α,β-unsaturated/α-hetero) is 1. The van der Waals surface area contributed by atoms with E-state index in [0.717, 1.165) is 18.4 Å². The van der Waals surface area contributed by atoms with Crippen molar-refractivity contribution in [3.05, 3.63) is 11.8 Å². The molecule has 1 unspecified atom stereocenters. The van der Waals surface area contributed by atoms with Crippen LogP contribution < -0.4 is 0 Å². The molecule has 0 bridgehead atoms. The molecule has 1 rings (SSSR count). The zero-order chi connectivity index (χ0) is 8.97. The zero-order valence-corrected chi connectivity index (χ0v) is 7.80. The Kier molecular flexibility index (Phi) is 3.32. The zero-order valence-electron chi connectivity index (χ0n) is 7.80. The van der Waals surface area contributed by atoms with Gasteiger partial charge in [0.1, 0.15) is 0 Å². The maximum absolute atomic E-state index is 11.3. The van der Waals surface area contributed by atoms with Crippen LogP contribution in [0.4, 0.5) is 0 Å². The van der Waals surface area contributed by atoms with Gasteiger partial charge in [0.15, 0.2) is 5.78 Å². The summed E-state index contributed by atoms with van der Waals surface area (Å²) in [7, 11) is 0. The number of carbonyl (C=O) groups excluding carboxylic acids is 1. The van der Waals surface area contributed by atoms with E-state index >= 15 is 0 Å². The third-order valence-electron chi connectivity index (χ3n) is 2.18. The summed E-state index contributed by atoms with van der Waals surface area (Å²) < 4.78 is 5.11. The molecule has 12 heavy (non-hydrogen) atoms. The van der Waals surface area contributed by atoms with Gasteiger partial charge >= 0.3 is 0 Å². The average Bonchev–Trinajstić information content (AvgIpc) is 2.07. The summed E-state index contributed by atoms with van der Waals surface area (Å²) in [5, 5.41) is 0. The fourth-order valence-electron chi connectivity index (χ4n) is 1.43. The van der Waals surface area contributed by atoms with Crippen molar-refractivity contribution >= 4 is 5.78 Å². The lowest BCUT2D eigenvalue weighted by molar-refractivity contribution is -0.117. The van der Waals surface area contributed by atoms with E-state index in [4.69, 9.17) is 4.74 Å². The largest absolute Gasteiger partial charge is 0.501 e. The Hall–Kier alpha value is -0.790. The molecule has 1 aliphatic carbocycles. The highest BCUT2D eigenvalue weighted by atomic mass is 16.5. The minimum atomic E-state index is 0.265. The first-order valence-corrected chi connectivity index (χ1v) is 4.58. The lowest BCUT2D eigenvalue weighted by Crippen LogP contribution is -2.15. The number of hydrogen-bond acceptors (Lipinski definition) is 2. The van der Waals surface area contributed by atoms with Crippen molar-refractivity contribution in [2.45, 2.75) is 33.1 Å². The van der Waals surface area contributed by atoms with E-state index in [1.807, 2.05) is 6.92 Å². The lowest BCUT2D eigenvalue weighted by Gasteiger charge is -2.18. The molecule has 1 fully saturated rings. The molecule has 0 amide bonds. The fraction of sp³-hybridized carbons (Fsp3) is 0.700. The van der Waals surface area contributed by atoms with Crippen LogP contribution in [0.1, 0.15) is 33.1 Å². The van der Waals surface area contributed by atoms with Gasteiger partial charge in [-0.15, -0.1) is 0 Å². The molecule has 0 radical (unpaired) electrons. The average molecular weight is 168 g/mol. The molecule has 1 atom stereocenters. The van der Waals surface area contributed by atoms with Crippen molar-refractivity contribution in [2.75, 3.05) is 6.61 Å². The van der Waals surface area contributed by atoms with E-state index in [9.17, 15) is 4.79 Å². The minimum Gasteiger partial charge on any atom is -0.501 e. The van der Waals surface area contributed by atoms with Crippen molar-refractivity contribution < 1.29 is 9.53 Å². The minimum absolute atomic E-state index is 0.265. The Labute approximate surface area is 73.6 Å². The van der Waals surface area contributed by atoms with Gasteiger partial charge in [-0.2, -0.15) is 0 Å². The molecule has 1 aliphatic rings. The molecule has 2 nitrogen and oxygen atoms in total. The second-order valence-corrected chi connectivity index (χ2v) is 3.37. The van der Waals surface area contributed by atoms with Gasteiger partial charge in [-0.1, -0.05) is 6.92 Å². The monoisotopic (exact) mass is 168 g/mol. The summed E-state index contributed by atoms with van der Waals surface area (Å²) in [6.07, 6.45) is 4.25. The van der Waals surface area contributed by atoms with Gasteiger partial charge in [-0.05, 0) is 25.7 Å². The highest BCUT2D eigenvalue weighted by Gasteiger charge is 2.20. The fourth-order valence-corrected chi connectivity index (χ4v) is 1.43. The van der Waals surface area contributed by atoms with E-state index < -0.39 is 0 Å². The van der Waals surface area contributed by atoms with Crippen LogP contribution in [-0.4, -0.2) is 12.4 Å². The Morgan fingerprint density at radius 2 is 2.42 bits per heavy atom. The van der Waals surface area contributed by atoms with E-state index in [0.29, 0.717) is 18.9 Å². The first-order valence-electron chi connectivity index (χ1n) is 4.58. The summed E-state index contributed by atoms with van der Waals surface area (Å²) in [6.45, 7) is 4.74. The van der Waals surface area contributed by atoms with Crippen molar-refractivity contribution in [1.82, 2.24) is 0 Å². The summed E-state index contributed by atoms with van der Waals surface area (Å²) >= 11 is 0. The Bertz CT molecular complexity index is 194. The first-order chi connectivity index (χ1) is 5.74. The summed E-state index contributed by atoms with van der Waals surface area (Å²) in [4.78, 5) is 11.3. The quantitative estimate of drug-likeness (QED) is 0.467. The van der Waals surface area contributed by atoms with E-state index in [2.05, 4.69) is 6.92 Å². The third-order valence-corrected chi connectivity index (χ3v) is 2.18. The van der Waals surface area contributed by atoms with E-state index in [1.165, 1.54) is 0 Å². The van der Waals surface area contributed by atoms with Crippen LogP contribution in [0.3, 0.4) is 0 Å². The predicted octanol–water partition coefficient (Wildman–Crippen LogP) is 2.30. The van der Waals surface area contributed by atoms with Gasteiger partial charge in [0.2, 0.25) is 0 Å². The molecule has 0 aliphatic heterocycles. The molecule has 0 aromatic heterocycles. The van der Waals surface area contributed by atoms with Crippen molar-refractivity contribution in [3.8, 4) is 0 Å². The lowest BCUT2D eigenvalue weighted by atomic mass is 9.86. The van der Waals surface area contributed by atoms with E-state index in [-0.39, 0.29) is 5.78 Å². The molecule has 0 N–H and O–H groups in total. The van der Waals surface area contributed by atoms with Crippen LogP contribution in [0, 0.1) is 5.92 Å². The molecule has 68 valence electrons. The first kappa shape index (κ1) is 9.30. The van der Waals surface area contributed by atoms with Crippen molar-refractivity contribution in [3.63, 3.8) is 0 Å². The molecule has 0 heterocycles. The molecule has 0 spiro atoms. The predicted molar refractivity (Wildman–Crippen MR) is 47.7 cm³/mol. The van der Waals surface area contributed by atoms with Crippen molar-refractivity contribution in [2.24, 2.45) is 5.92 Å². The van der Waals surface area contributed by atoms with Crippen molar-refractivity contribution in [1.29, 1.82) is 0 Å². The molecule has 1 saturated carbocycles. The van der Waals surface area contributed by atoms with Gasteiger partial charge < -0.3 is 4.74 Å². The number of hydrogen-bond donors (Lipinski definition) is 0. The van der Waals surface area contributed by atoms with E-state index in [1.54, 1.807) is 6.26 Å². The van der Waals surface area contributed by atoms with Crippen LogP contribution >= 0.6 is 0 Å². The van der Waals surface area contributed by atoms with Crippen LogP contribution in [0.2, 0.25) is 0 Å². The topological polar surface area (TPSA) is 26.3 Å². The number of rotatable bonds is 2. The van der Waals surface area contributed by atoms with Crippen LogP contribution in [-0.2, 0) is 9.53 Å². The van der Waals surface area contributed by atoms with Crippen LogP contribution in [0.25, 0.3) is 0 Å². The molecule has 0 aromatic carbocycles. The van der Waals surface area contributed by atoms with Gasteiger partial charge in [0.05, 0.1) is 12.9 Å². The smallest absolute Gasteiger partial charge is 0.161 e. The SMILES string of the molecule is CCOC=C1CC(C)CCC1=O. The summed E-state index contributed by atoms with van der Waals surface area (Å²) in [5.74, 6) is 0.899. The maximum Gasteiger partial charge on any atom is 0.161 e. The highest BCUT2D eigenvalue weighted by molar-refractivity contribution is 5.95. The van der Waals surface area contributed by atoms with Crippen LogP contribution in [0.5, 0.6) is 0 Å². The van der Waals surface area contributed by atoms with Crippen LogP contribution in [0.15, 0.2) is 11.8 Å². The molecular formula is C10H16O2. The second kappa shape index (κ2) is 4.29. The van der Waals surface area contributed by atoms with Gasteiger partial charge in [0.25, 0.3) is 0 Å². The van der Waals surface area contributed by atoms with Gasteiger partial charge in [-0.25, -0.2) is 0 Å². The molecule has 0 aromatic rings. The number of ketones is 1. The molecule has 2 heteroatoms.